The van der Waals surface area contributed by atoms with Crippen LogP contribution in [0.5, 0.6) is 0 Å². The minimum Gasteiger partial charge on any atom is -0.331 e. The molecular formula is C24H25N3O3S. The van der Waals surface area contributed by atoms with Crippen LogP contribution in [0.2, 0.25) is 0 Å². The molecule has 0 spiro atoms. The van der Waals surface area contributed by atoms with Crippen molar-refractivity contribution in [3.05, 3.63) is 95.1 Å². The van der Waals surface area contributed by atoms with E-state index in [1.54, 1.807) is 12.1 Å². The number of amides is 2. The number of anilines is 1. The molecule has 3 N–H and O–H groups in total. The summed E-state index contributed by atoms with van der Waals surface area (Å²) < 4.78 is 25.6. The van der Waals surface area contributed by atoms with E-state index in [-0.39, 0.29) is 22.7 Å². The van der Waals surface area contributed by atoms with Crippen LogP contribution in [0.1, 0.15) is 35.2 Å². The lowest BCUT2D eigenvalue weighted by Crippen LogP contribution is -2.31. The van der Waals surface area contributed by atoms with E-state index < -0.39 is 9.84 Å². The van der Waals surface area contributed by atoms with Gasteiger partial charge in [-0.1, -0.05) is 48.5 Å². The standard InChI is InChI=1S/C24H25N3O3S/c1-17(19-5-3-2-4-6-19)26-24(28)27-22-9-11-23(12-10-22)31(29,30)16-18-7-8-20-14-25-15-21(20)13-18/h2-13,17,25H,14-16H2,1H3,(H2,26,27,28)/t17-/m0/s1. The van der Waals surface area contributed by atoms with Crippen LogP contribution in [0.4, 0.5) is 10.5 Å². The maximum atomic E-state index is 12.8. The molecule has 1 heterocycles. The average molecular weight is 436 g/mol. The molecule has 1 aliphatic heterocycles. The molecule has 2 amide bonds. The van der Waals surface area contributed by atoms with E-state index in [9.17, 15) is 13.2 Å². The van der Waals surface area contributed by atoms with Gasteiger partial charge in [0.05, 0.1) is 16.7 Å². The van der Waals surface area contributed by atoms with Gasteiger partial charge in [0.15, 0.2) is 9.84 Å². The third kappa shape index (κ3) is 5.13. The largest absolute Gasteiger partial charge is 0.331 e. The minimum atomic E-state index is -3.48. The molecule has 0 unspecified atom stereocenters. The van der Waals surface area contributed by atoms with E-state index in [2.05, 4.69) is 16.0 Å². The summed E-state index contributed by atoms with van der Waals surface area (Å²) in [5.74, 6) is -0.0534. The SMILES string of the molecule is C[C@H](NC(=O)Nc1ccc(S(=O)(=O)Cc2ccc3c(c2)CNC3)cc1)c1ccccc1. The molecule has 4 rings (SSSR count). The van der Waals surface area contributed by atoms with Gasteiger partial charge in [0, 0.05) is 18.8 Å². The van der Waals surface area contributed by atoms with E-state index >= 15 is 0 Å². The summed E-state index contributed by atoms with van der Waals surface area (Å²) in [6.45, 7) is 3.50. The van der Waals surface area contributed by atoms with E-state index in [1.165, 1.54) is 17.7 Å². The van der Waals surface area contributed by atoms with Gasteiger partial charge in [0.25, 0.3) is 0 Å². The van der Waals surface area contributed by atoms with E-state index in [0.717, 1.165) is 29.8 Å². The fourth-order valence-electron chi connectivity index (χ4n) is 3.68. The summed E-state index contributed by atoms with van der Waals surface area (Å²) in [7, 11) is -3.48. The maximum absolute atomic E-state index is 12.8. The van der Waals surface area contributed by atoms with Gasteiger partial charge in [-0.15, -0.1) is 0 Å². The molecule has 1 aliphatic rings. The van der Waals surface area contributed by atoms with Crippen molar-refractivity contribution in [2.45, 2.75) is 36.7 Å². The third-order valence-corrected chi connectivity index (χ3v) is 7.08. The van der Waals surface area contributed by atoms with E-state index in [1.807, 2.05) is 55.5 Å². The first-order chi connectivity index (χ1) is 14.9. The van der Waals surface area contributed by atoms with Crippen LogP contribution in [0, 0.1) is 0 Å². The molecule has 31 heavy (non-hydrogen) atoms. The highest BCUT2D eigenvalue weighted by molar-refractivity contribution is 7.90. The molecule has 0 saturated heterocycles. The lowest BCUT2D eigenvalue weighted by atomic mass is 10.1. The Hall–Kier alpha value is -3.16. The summed E-state index contributed by atoms with van der Waals surface area (Å²) in [6, 6.07) is 21.2. The zero-order valence-electron chi connectivity index (χ0n) is 17.3. The molecular weight excluding hydrogens is 410 g/mol. The Morgan fingerprint density at radius 1 is 0.968 bits per heavy atom. The first-order valence-corrected chi connectivity index (χ1v) is 11.8. The van der Waals surface area contributed by atoms with Crippen molar-refractivity contribution in [3.8, 4) is 0 Å². The molecule has 0 saturated carbocycles. The molecule has 1 atom stereocenters. The van der Waals surface area contributed by atoms with Gasteiger partial charge in [-0.05, 0) is 53.4 Å². The lowest BCUT2D eigenvalue weighted by Gasteiger charge is -2.15. The summed E-state index contributed by atoms with van der Waals surface area (Å²) in [5.41, 5.74) is 4.68. The molecule has 6 nitrogen and oxygen atoms in total. The predicted molar refractivity (Wildman–Crippen MR) is 121 cm³/mol. The number of sulfone groups is 1. The van der Waals surface area contributed by atoms with Crippen molar-refractivity contribution in [1.82, 2.24) is 10.6 Å². The first-order valence-electron chi connectivity index (χ1n) is 10.2. The van der Waals surface area contributed by atoms with Gasteiger partial charge in [0.1, 0.15) is 0 Å². The second kappa shape index (κ2) is 8.91. The highest BCUT2D eigenvalue weighted by Crippen LogP contribution is 2.22. The minimum absolute atomic E-state index is 0.0534. The van der Waals surface area contributed by atoms with Crippen LogP contribution in [0.3, 0.4) is 0 Å². The van der Waals surface area contributed by atoms with Gasteiger partial charge in [-0.3, -0.25) is 0 Å². The predicted octanol–water partition coefficient (Wildman–Crippen LogP) is 4.15. The van der Waals surface area contributed by atoms with Crippen LogP contribution in [-0.4, -0.2) is 14.4 Å². The van der Waals surface area contributed by atoms with Crippen LogP contribution < -0.4 is 16.0 Å². The van der Waals surface area contributed by atoms with Crippen molar-refractivity contribution in [2.24, 2.45) is 0 Å². The molecule has 160 valence electrons. The van der Waals surface area contributed by atoms with Crippen molar-refractivity contribution in [1.29, 1.82) is 0 Å². The topological polar surface area (TPSA) is 87.3 Å². The molecule has 0 fully saturated rings. The number of fused-ring (bicyclic) bond motifs is 1. The zero-order valence-corrected chi connectivity index (χ0v) is 18.1. The number of carbonyl (C=O) groups is 1. The van der Waals surface area contributed by atoms with Crippen molar-refractivity contribution in [3.63, 3.8) is 0 Å². The second-order valence-electron chi connectivity index (χ2n) is 7.72. The van der Waals surface area contributed by atoms with Crippen molar-refractivity contribution >= 4 is 21.6 Å². The quantitative estimate of drug-likeness (QED) is 0.543. The normalized spacial score (nSPS) is 14.0. The van der Waals surface area contributed by atoms with Gasteiger partial charge in [0.2, 0.25) is 0 Å². The Labute approximate surface area is 182 Å². The Bertz CT molecular complexity index is 1180. The number of hydrogen-bond donors (Lipinski definition) is 3. The second-order valence-corrected chi connectivity index (χ2v) is 9.71. The number of urea groups is 1. The zero-order chi connectivity index (χ0) is 21.8. The molecule has 7 heteroatoms. The fraction of sp³-hybridized carbons (Fsp3) is 0.208. The van der Waals surface area contributed by atoms with E-state index in [4.69, 9.17) is 0 Å². The molecule has 0 radical (unpaired) electrons. The Morgan fingerprint density at radius 3 is 2.42 bits per heavy atom. The highest BCUT2D eigenvalue weighted by Gasteiger charge is 2.18. The number of rotatable bonds is 6. The first kappa shape index (κ1) is 21.1. The number of hydrogen-bond acceptors (Lipinski definition) is 4. The molecule has 0 aliphatic carbocycles. The van der Waals surface area contributed by atoms with Crippen molar-refractivity contribution in [2.75, 3.05) is 5.32 Å². The fourth-order valence-corrected chi connectivity index (χ4v) is 5.01. The summed E-state index contributed by atoms with van der Waals surface area (Å²) >= 11 is 0. The number of nitrogens with one attached hydrogen (secondary N) is 3. The van der Waals surface area contributed by atoms with Crippen LogP contribution in [-0.2, 0) is 28.7 Å². The Kier molecular flexibility index (Phi) is 6.06. The van der Waals surface area contributed by atoms with Crippen LogP contribution in [0.25, 0.3) is 0 Å². The highest BCUT2D eigenvalue weighted by atomic mass is 32.2. The third-order valence-electron chi connectivity index (χ3n) is 5.38. The van der Waals surface area contributed by atoms with Gasteiger partial charge in [-0.25, -0.2) is 13.2 Å². The van der Waals surface area contributed by atoms with Crippen LogP contribution >= 0.6 is 0 Å². The average Bonchev–Trinajstić information content (AvgIpc) is 3.22. The van der Waals surface area contributed by atoms with Gasteiger partial charge in [-0.2, -0.15) is 0 Å². The number of benzene rings is 3. The molecule has 0 aromatic heterocycles. The smallest absolute Gasteiger partial charge is 0.319 e. The molecule has 3 aromatic rings. The Morgan fingerprint density at radius 2 is 1.68 bits per heavy atom. The van der Waals surface area contributed by atoms with Crippen molar-refractivity contribution < 1.29 is 13.2 Å². The number of carbonyl (C=O) groups excluding carboxylic acids is 1. The summed E-state index contributed by atoms with van der Waals surface area (Å²) in [5, 5.41) is 8.88. The van der Waals surface area contributed by atoms with Gasteiger partial charge < -0.3 is 16.0 Å². The Balaban J connectivity index is 1.38. The summed E-state index contributed by atoms with van der Waals surface area (Å²) in [6.07, 6.45) is 0. The lowest BCUT2D eigenvalue weighted by molar-refractivity contribution is 0.249. The van der Waals surface area contributed by atoms with Crippen LogP contribution in [0.15, 0.2) is 77.7 Å². The van der Waals surface area contributed by atoms with Gasteiger partial charge >= 0.3 is 6.03 Å². The van der Waals surface area contributed by atoms with E-state index in [0.29, 0.717) is 5.69 Å². The summed E-state index contributed by atoms with van der Waals surface area (Å²) in [4.78, 5) is 12.5. The maximum Gasteiger partial charge on any atom is 0.319 e. The monoisotopic (exact) mass is 435 g/mol. The molecule has 0 bridgehead atoms. The molecule has 3 aromatic carbocycles.